The molecule has 2 heterocycles. The van der Waals surface area contributed by atoms with Gasteiger partial charge in [0.25, 0.3) is 0 Å². The zero-order valence-corrected chi connectivity index (χ0v) is 11.9. The van der Waals surface area contributed by atoms with E-state index in [1.807, 2.05) is 0 Å². The number of nitrogens with zero attached hydrogens (tertiary/aromatic N) is 2. The first-order valence-electron chi connectivity index (χ1n) is 7.62. The summed E-state index contributed by atoms with van der Waals surface area (Å²) in [6.07, 6.45) is 5.31. The number of piperidine rings is 1. The lowest BCUT2D eigenvalue weighted by Gasteiger charge is -2.31. The van der Waals surface area contributed by atoms with Crippen molar-refractivity contribution in [1.29, 1.82) is 0 Å². The molecule has 2 saturated heterocycles. The first kappa shape index (κ1) is 12.8. The van der Waals surface area contributed by atoms with Crippen LogP contribution >= 0.6 is 0 Å². The highest BCUT2D eigenvalue weighted by molar-refractivity contribution is 5.70. The lowest BCUT2D eigenvalue weighted by Crippen LogP contribution is -2.31. The Balaban J connectivity index is 1.73. The molecule has 0 radical (unpaired) electrons. The summed E-state index contributed by atoms with van der Waals surface area (Å²) in [6.45, 7) is 4.80. The molecule has 0 bridgehead atoms. The lowest BCUT2D eigenvalue weighted by atomic mass is 10.1. The first-order chi connectivity index (χ1) is 9.33. The fourth-order valence-electron chi connectivity index (χ4n) is 3.28. The van der Waals surface area contributed by atoms with Gasteiger partial charge >= 0.3 is 0 Å². The molecule has 2 aliphatic heterocycles. The summed E-state index contributed by atoms with van der Waals surface area (Å²) in [4.78, 5) is 4.95. The summed E-state index contributed by atoms with van der Waals surface area (Å²) in [5.41, 5.74) is 2.72. The molecule has 3 nitrogen and oxygen atoms in total. The van der Waals surface area contributed by atoms with E-state index in [2.05, 4.69) is 46.4 Å². The van der Waals surface area contributed by atoms with Gasteiger partial charge in [0.2, 0.25) is 0 Å². The maximum Gasteiger partial charge on any atom is 0.0602 e. The highest BCUT2D eigenvalue weighted by Gasteiger charge is 2.21. The van der Waals surface area contributed by atoms with Crippen molar-refractivity contribution in [2.75, 3.05) is 43.4 Å². The molecule has 1 atom stereocenters. The fraction of sp³-hybridized carbons (Fsp3) is 0.625. The average molecular weight is 259 g/mol. The van der Waals surface area contributed by atoms with E-state index in [1.54, 1.807) is 0 Å². The number of para-hydroxylation sites is 2. The van der Waals surface area contributed by atoms with Crippen LogP contribution in [0.5, 0.6) is 0 Å². The van der Waals surface area contributed by atoms with Crippen molar-refractivity contribution in [2.24, 2.45) is 0 Å². The highest BCUT2D eigenvalue weighted by atomic mass is 15.2. The largest absolute Gasteiger partial charge is 0.379 e. The third-order valence-corrected chi connectivity index (χ3v) is 4.35. The molecule has 104 valence electrons. The van der Waals surface area contributed by atoms with Crippen LogP contribution in [-0.2, 0) is 0 Å². The molecule has 1 N–H and O–H groups in total. The third kappa shape index (κ3) is 3.03. The lowest BCUT2D eigenvalue weighted by molar-refractivity contribution is 0.414. The van der Waals surface area contributed by atoms with Gasteiger partial charge in [0.05, 0.1) is 11.4 Å². The minimum atomic E-state index is 0.607. The van der Waals surface area contributed by atoms with Crippen LogP contribution in [0.25, 0.3) is 0 Å². The van der Waals surface area contributed by atoms with Crippen molar-refractivity contribution < 1.29 is 0 Å². The predicted octanol–water partition coefficient (Wildman–Crippen LogP) is 2.79. The van der Waals surface area contributed by atoms with Crippen LogP contribution < -0.4 is 10.2 Å². The Morgan fingerprint density at radius 2 is 1.84 bits per heavy atom. The summed E-state index contributed by atoms with van der Waals surface area (Å²) >= 11 is 0. The third-order valence-electron chi connectivity index (χ3n) is 4.35. The highest BCUT2D eigenvalue weighted by Crippen LogP contribution is 2.29. The molecule has 1 aromatic rings. The molecule has 1 aromatic carbocycles. The van der Waals surface area contributed by atoms with E-state index in [4.69, 9.17) is 0 Å². The Bertz CT molecular complexity index is 412. The second kappa shape index (κ2) is 5.83. The Morgan fingerprint density at radius 1 is 1.05 bits per heavy atom. The van der Waals surface area contributed by atoms with Gasteiger partial charge < -0.3 is 15.1 Å². The Labute approximate surface area is 116 Å². The minimum absolute atomic E-state index is 0.607. The normalized spacial score (nSPS) is 24.7. The molecular formula is C16H25N3. The molecule has 3 heteroatoms. The summed E-state index contributed by atoms with van der Waals surface area (Å²) in [5.74, 6) is 0. The monoisotopic (exact) mass is 259 g/mol. The molecule has 2 aliphatic rings. The number of anilines is 2. The number of rotatable bonds is 3. The zero-order valence-electron chi connectivity index (χ0n) is 11.9. The predicted molar refractivity (Wildman–Crippen MR) is 82.0 cm³/mol. The van der Waals surface area contributed by atoms with E-state index in [-0.39, 0.29) is 0 Å². The quantitative estimate of drug-likeness (QED) is 0.900. The van der Waals surface area contributed by atoms with Gasteiger partial charge in [0.15, 0.2) is 0 Å². The number of hydrogen-bond donors (Lipinski definition) is 1. The minimum Gasteiger partial charge on any atom is -0.379 e. The van der Waals surface area contributed by atoms with Gasteiger partial charge in [-0.15, -0.1) is 0 Å². The van der Waals surface area contributed by atoms with E-state index in [9.17, 15) is 0 Å². The van der Waals surface area contributed by atoms with E-state index in [0.717, 1.165) is 6.54 Å². The van der Waals surface area contributed by atoms with Gasteiger partial charge in [-0.25, -0.2) is 0 Å². The summed E-state index contributed by atoms with van der Waals surface area (Å²) < 4.78 is 0. The molecule has 0 aromatic heterocycles. The molecule has 0 amide bonds. The van der Waals surface area contributed by atoms with Gasteiger partial charge in [-0.3, -0.25) is 0 Å². The topological polar surface area (TPSA) is 18.5 Å². The number of likely N-dealkylation sites (tertiary alicyclic amines) is 1. The van der Waals surface area contributed by atoms with Gasteiger partial charge in [0, 0.05) is 25.7 Å². The molecule has 1 unspecified atom stereocenters. The maximum atomic E-state index is 3.75. The van der Waals surface area contributed by atoms with Gasteiger partial charge in [-0.2, -0.15) is 0 Å². The molecular weight excluding hydrogens is 234 g/mol. The van der Waals surface area contributed by atoms with Crippen molar-refractivity contribution in [3.63, 3.8) is 0 Å². The van der Waals surface area contributed by atoms with E-state index >= 15 is 0 Å². The second-order valence-corrected chi connectivity index (χ2v) is 5.96. The van der Waals surface area contributed by atoms with Crippen LogP contribution in [0.1, 0.15) is 25.7 Å². The van der Waals surface area contributed by atoms with Crippen LogP contribution in [-0.4, -0.2) is 44.2 Å². The van der Waals surface area contributed by atoms with Crippen molar-refractivity contribution in [1.82, 2.24) is 4.90 Å². The Hall–Kier alpha value is -1.22. The fourth-order valence-corrected chi connectivity index (χ4v) is 3.28. The molecule has 0 saturated carbocycles. The molecule has 19 heavy (non-hydrogen) atoms. The van der Waals surface area contributed by atoms with E-state index < -0.39 is 0 Å². The number of hydrogen-bond acceptors (Lipinski definition) is 3. The van der Waals surface area contributed by atoms with Crippen LogP contribution in [0.15, 0.2) is 24.3 Å². The number of nitrogens with one attached hydrogen (secondary N) is 1. The maximum absolute atomic E-state index is 3.75. The molecule has 3 rings (SSSR count). The molecule has 0 spiro atoms. The van der Waals surface area contributed by atoms with Crippen molar-refractivity contribution in [3.8, 4) is 0 Å². The van der Waals surface area contributed by atoms with Crippen LogP contribution in [0.2, 0.25) is 0 Å². The Kier molecular flexibility index (Phi) is 3.92. The number of benzene rings is 1. The van der Waals surface area contributed by atoms with Crippen LogP contribution in [0.4, 0.5) is 11.4 Å². The van der Waals surface area contributed by atoms with Gasteiger partial charge in [0.1, 0.15) is 0 Å². The Morgan fingerprint density at radius 3 is 2.58 bits per heavy atom. The second-order valence-electron chi connectivity index (χ2n) is 5.96. The molecule has 0 aliphatic carbocycles. The number of likely N-dealkylation sites (N-methyl/N-ethyl adjacent to an activating group) is 1. The summed E-state index contributed by atoms with van der Waals surface area (Å²) in [6, 6.07) is 9.43. The van der Waals surface area contributed by atoms with E-state index in [0.29, 0.717) is 6.04 Å². The smallest absolute Gasteiger partial charge is 0.0602 e. The van der Waals surface area contributed by atoms with Crippen LogP contribution in [0, 0.1) is 0 Å². The molecule has 2 fully saturated rings. The first-order valence-corrected chi connectivity index (χ1v) is 7.62. The van der Waals surface area contributed by atoms with E-state index in [1.165, 1.54) is 56.7 Å². The standard InChI is InChI=1S/C16H25N3/c1-18-12-9-14(13-18)17-15-7-3-4-8-16(15)19-10-5-2-6-11-19/h3-4,7-8,14,17H,2,5-6,9-13H2,1H3. The zero-order chi connectivity index (χ0) is 13.1. The van der Waals surface area contributed by atoms with Gasteiger partial charge in [-0.05, 0) is 51.4 Å². The van der Waals surface area contributed by atoms with Crippen molar-refractivity contribution >= 4 is 11.4 Å². The summed E-state index contributed by atoms with van der Waals surface area (Å²) in [7, 11) is 2.21. The summed E-state index contributed by atoms with van der Waals surface area (Å²) in [5, 5.41) is 3.75. The van der Waals surface area contributed by atoms with Crippen molar-refractivity contribution in [2.45, 2.75) is 31.7 Å². The van der Waals surface area contributed by atoms with Crippen LogP contribution in [0.3, 0.4) is 0 Å². The SMILES string of the molecule is CN1CCC(Nc2ccccc2N2CCCCC2)C1. The van der Waals surface area contributed by atoms with Gasteiger partial charge in [-0.1, -0.05) is 12.1 Å². The average Bonchev–Trinajstić information content (AvgIpc) is 2.86. The van der Waals surface area contributed by atoms with Crippen molar-refractivity contribution in [3.05, 3.63) is 24.3 Å².